The summed E-state index contributed by atoms with van der Waals surface area (Å²) in [7, 11) is 2.15. The molecule has 1 amide bonds. The minimum Gasteiger partial charge on any atom is -0.494 e. The van der Waals surface area contributed by atoms with Crippen LogP contribution in [0.4, 0.5) is 11.4 Å². The van der Waals surface area contributed by atoms with E-state index >= 15 is 0 Å². The number of anilines is 2. The van der Waals surface area contributed by atoms with Gasteiger partial charge >= 0.3 is 0 Å². The van der Waals surface area contributed by atoms with Gasteiger partial charge in [0.05, 0.1) is 6.61 Å². The number of carbonyl (C=O) groups is 1. The Labute approximate surface area is 155 Å². The normalized spacial score (nSPS) is 15.0. The number of likely N-dealkylation sites (N-methyl/N-ethyl adjacent to an activating group) is 1. The van der Waals surface area contributed by atoms with Crippen LogP contribution in [-0.4, -0.2) is 50.6 Å². The van der Waals surface area contributed by atoms with Crippen LogP contribution in [0.25, 0.3) is 0 Å². The average Bonchev–Trinajstić information content (AvgIpc) is 2.65. The molecule has 1 heterocycles. The van der Waals surface area contributed by atoms with E-state index in [1.54, 1.807) is 6.07 Å². The van der Waals surface area contributed by atoms with Crippen LogP contribution in [0.1, 0.15) is 22.8 Å². The average molecular weight is 353 g/mol. The highest BCUT2D eigenvalue weighted by molar-refractivity contribution is 6.04. The standard InChI is InChI=1S/C21H27N3O2/c1-4-26-20-10-5-17(15-16(20)2)21(25)22-18-6-8-19(9-7-18)24-13-11-23(3)12-14-24/h5-10,15H,4,11-14H2,1-3H3,(H,22,25). The van der Waals surface area contributed by atoms with Crippen molar-refractivity contribution >= 4 is 17.3 Å². The molecule has 2 aromatic carbocycles. The van der Waals surface area contributed by atoms with Crippen LogP contribution in [0.2, 0.25) is 0 Å². The van der Waals surface area contributed by atoms with E-state index in [0.717, 1.165) is 43.2 Å². The Balaban J connectivity index is 1.63. The molecule has 0 aromatic heterocycles. The first-order chi connectivity index (χ1) is 12.6. The van der Waals surface area contributed by atoms with Gasteiger partial charge in [-0.3, -0.25) is 4.79 Å². The maximum atomic E-state index is 12.5. The number of amides is 1. The molecule has 1 N–H and O–H groups in total. The van der Waals surface area contributed by atoms with Crippen LogP contribution in [0.3, 0.4) is 0 Å². The third-order valence-corrected chi connectivity index (χ3v) is 4.73. The van der Waals surface area contributed by atoms with Crippen molar-refractivity contribution in [1.82, 2.24) is 4.90 Å². The second-order valence-electron chi connectivity index (χ2n) is 6.70. The highest BCUT2D eigenvalue weighted by Crippen LogP contribution is 2.22. The third-order valence-electron chi connectivity index (χ3n) is 4.73. The van der Waals surface area contributed by atoms with Gasteiger partial charge in [0.2, 0.25) is 0 Å². The Morgan fingerprint density at radius 2 is 1.77 bits per heavy atom. The Bertz CT molecular complexity index is 750. The molecule has 1 saturated heterocycles. The van der Waals surface area contributed by atoms with Gasteiger partial charge in [-0.05, 0) is 68.9 Å². The van der Waals surface area contributed by atoms with Crippen molar-refractivity contribution in [2.24, 2.45) is 0 Å². The number of rotatable bonds is 5. The first-order valence-corrected chi connectivity index (χ1v) is 9.15. The Hall–Kier alpha value is -2.53. The highest BCUT2D eigenvalue weighted by atomic mass is 16.5. The number of ether oxygens (including phenoxy) is 1. The van der Waals surface area contributed by atoms with E-state index in [1.807, 2.05) is 38.1 Å². The van der Waals surface area contributed by atoms with Gasteiger partial charge in [-0.15, -0.1) is 0 Å². The number of piperazine rings is 1. The van der Waals surface area contributed by atoms with Gasteiger partial charge in [0.1, 0.15) is 5.75 Å². The van der Waals surface area contributed by atoms with Gasteiger partial charge in [-0.25, -0.2) is 0 Å². The number of hydrogen-bond acceptors (Lipinski definition) is 4. The van der Waals surface area contributed by atoms with Crippen LogP contribution in [-0.2, 0) is 0 Å². The van der Waals surface area contributed by atoms with E-state index in [9.17, 15) is 4.79 Å². The van der Waals surface area contributed by atoms with Crippen LogP contribution in [0.5, 0.6) is 5.75 Å². The van der Waals surface area contributed by atoms with Crippen LogP contribution >= 0.6 is 0 Å². The fourth-order valence-electron chi connectivity index (χ4n) is 3.13. The first kappa shape index (κ1) is 18.3. The molecule has 5 nitrogen and oxygen atoms in total. The molecule has 138 valence electrons. The molecule has 1 aliphatic rings. The number of nitrogens with one attached hydrogen (secondary N) is 1. The lowest BCUT2D eigenvalue weighted by molar-refractivity contribution is 0.102. The fourth-order valence-corrected chi connectivity index (χ4v) is 3.13. The lowest BCUT2D eigenvalue weighted by Gasteiger charge is -2.34. The molecule has 0 aliphatic carbocycles. The highest BCUT2D eigenvalue weighted by Gasteiger charge is 2.14. The van der Waals surface area contributed by atoms with Gasteiger partial charge < -0.3 is 19.9 Å². The fraction of sp³-hybridized carbons (Fsp3) is 0.381. The zero-order valence-electron chi connectivity index (χ0n) is 15.8. The van der Waals surface area contributed by atoms with Gasteiger partial charge in [-0.1, -0.05) is 0 Å². The Kier molecular flexibility index (Phi) is 5.78. The van der Waals surface area contributed by atoms with Crippen molar-refractivity contribution in [3.63, 3.8) is 0 Å². The van der Waals surface area contributed by atoms with E-state index in [1.165, 1.54) is 5.69 Å². The van der Waals surface area contributed by atoms with Crippen molar-refractivity contribution in [3.8, 4) is 5.75 Å². The van der Waals surface area contributed by atoms with Gasteiger partial charge in [0.15, 0.2) is 0 Å². The van der Waals surface area contributed by atoms with E-state index in [4.69, 9.17) is 4.74 Å². The lowest BCUT2D eigenvalue weighted by Crippen LogP contribution is -2.44. The van der Waals surface area contributed by atoms with Crippen molar-refractivity contribution in [3.05, 3.63) is 53.6 Å². The summed E-state index contributed by atoms with van der Waals surface area (Å²) < 4.78 is 5.53. The minimum atomic E-state index is -0.108. The van der Waals surface area contributed by atoms with E-state index in [2.05, 4.69) is 34.3 Å². The lowest BCUT2D eigenvalue weighted by atomic mass is 10.1. The maximum absolute atomic E-state index is 12.5. The summed E-state index contributed by atoms with van der Waals surface area (Å²) >= 11 is 0. The molecular weight excluding hydrogens is 326 g/mol. The molecule has 5 heteroatoms. The Morgan fingerprint density at radius 1 is 1.08 bits per heavy atom. The molecular formula is C21H27N3O2. The monoisotopic (exact) mass is 353 g/mol. The summed E-state index contributed by atoms with van der Waals surface area (Å²) in [5.74, 6) is 0.712. The van der Waals surface area contributed by atoms with Gasteiger partial charge in [0.25, 0.3) is 5.91 Å². The van der Waals surface area contributed by atoms with Crippen molar-refractivity contribution < 1.29 is 9.53 Å². The number of carbonyl (C=O) groups excluding carboxylic acids is 1. The molecule has 0 bridgehead atoms. The quantitative estimate of drug-likeness (QED) is 0.895. The molecule has 0 spiro atoms. The number of aryl methyl sites for hydroxylation is 1. The van der Waals surface area contributed by atoms with Crippen molar-refractivity contribution in [1.29, 1.82) is 0 Å². The van der Waals surface area contributed by atoms with E-state index in [-0.39, 0.29) is 5.91 Å². The van der Waals surface area contributed by atoms with Crippen molar-refractivity contribution in [2.45, 2.75) is 13.8 Å². The maximum Gasteiger partial charge on any atom is 0.255 e. The zero-order valence-corrected chi connectivity index (χ0v) is 15.8. The molecule has 1 fully saturated rings. The molecule has 1 aliphatic heterocycles. The SMILES string of the molecule is CCOc1ccc(C(=O)Nc2ccc(N3CCN(C)CC3)cc2)cc1C. The van der Waals surface area contributed by atoms with Gasteiger partial charge in [0, 0.05) is 43.1 Å². The Morgan fingerprint density at radius 3 is 2.38 bits per heavy atom. The molecule has 0 radical (unpaired) electrons. The summed E-state index contributed by atoms with van der Waals surface area (Å²) in [6, 6.07) is 13.6. The summed E-state index contributed by atoms with van der Waals surface area (Å²) in [5, 5.41) is 2.97. The molecule has 0 atom stereocenters. The zero-order chi connectivity index (χ0) is 18.5. The van der Waals surface area contributed by atoms with Crippen LogP contribution in [0.15, 0.2) is 42.5 Å². The smallest absolute Gasteiger partial charge is 0.255 e. The third kappa shape index (κ3) is 4.35. The summed E-state index contributed by atoms with van der Waals surface area (Å²) in [6.07, 6.45) is 0. The van der Waals surface area contributed by atoms with E-state index < -0.39 is 0 Å². The minimum absolute atomic E-state index is 0.108. The second kappa shape index (κ2) is 8.23. The molecule has 26 heavy (non-hydrogen) atoms. The molecule has 2 aromatic rings. The topological polar surface area (TPSA) is 44.8 Å². The van der Waals surface area contributed by atoms with Gasteiger partial charge in [-0.2, -0.15) is 0 Å². The van der Waals surface area contributed by atoms with Crippen LogP contribution in [0, 0.1) is 6.92 Å². The predicted molar refractivity (Wildman–Crippen MR) is 106 cm³/mol. The summed E-state index contributed by atoms with van der Waals surface area (Å²) in [5.41, 5.74) is 3.60. The predicted octanol–water partition coefficient (Wildman–Crippen LogP) is 3.40. The van der Waals surface area contributed by atoms with Crippen LogP contribution < -0.4 is 15.0 Å². The molecule has 3 rings (SSSR count). The summed E-state index contributed by atoms with van der Waals surface area (Å²) in [4.78, 5) is 17.2. The number of nitrogens with zero attached hydrogens (tertiary/aromatic N) is 2. The second-order valence-corrected chi connectivity index (χ2v) is 6.70. The number of benzene rings is 2. The van der Waals surface area contributed by atoms with E-state index in [0.29, 0.717) is 12.2 Å². The number of hydrogen-bond donors (Lipinski definition) is 1. The molecule has 0 unspecified atom stereocenters. The molecule has 0 saturated carbocycles. The van der Waals surface area contributed by atoms with Crippen molar-refractivity contribution in [2.75, 3.05) is 50.1 Å². The first-order valence-electron chi connectivity index (χ1n) is 9.15. The largest absolute Gasteiger partial charge is 0.494 e. The summed E-state index contributed by atoms with van der Waals surface area (Å²) in [6.45, 7) is 8.75.